The number of rotatable bonds is 7. The molecular weight excluding hydrogens is 264 g/mol. The van der Waals surface area contributed by atoms with E-state index in [0.717, 1.165) is 17.8 Å². The standard InChI is InChI=1S/C17H26N2O2/c1-5-14-15-8-6-7-9-16(15)21-17(14)12(2)18-10-13(20)11-19(3)4/h6-9,12-13,18,20H,5,10-11H2,1-4H3. The van der Waals surface area contributed by atoms with Gasteiger partial charge < -0.3 is 19.7 Å². The molecule has 0 saturated heterocycles. The predicted octanol–water partition coefficient (Wildman–Crippen LogP) is 2.57. The normalized spacial score (nSPS) is 14.8. The molecule has 0 aliphatic rings. The lowest BCUT2D eigenvalue weighted by molar-refractivity contribution is 0.131. The molecule has 116 valence electrons. The van der Waals surface area contributed by atoms with Crippen LogP contribution in [0.1, 0.15) is 31.2 Å². The van der Waals surface area contributed by atoms with Gasteiger partial charge in [0.25, 0.3) is 0 Å². The highest BCUT2D eigenvalue weighted by Gasteiger charge is 2.18. The fourth-order valence-corrected chi connectivity index (χ4v) is 2.72. The zero-order valence-electron chi connectivity index (χ0n) is 13.4. The average Bonchev–Trinajstić information content (AvgIpc) is 2.82. The summed E-state index contributed by atoms with van der Waals surface area (Å²) in [6.45, 7) is 5.44. The highest BCUT2D eigenvalue weighted by atomic mass is 16.3. The van der Waals surface area contributed by atoms with Crippen molar-refractivity contribution < 1.29 is 9.52 Å². The minimum Gasteiger partial charge on any atom is -0.459 e. The van der Waals surface area contributed by atoms with Gasteiger partial charge in [-0.3, -0.25) is 0 Å². The van der Waals surface area contributed by atoms with Crippen molar-refractivity contribution in [3.05, 3.63) is 35.6 Å². The zero-order valence-corrected chi connectivity index (χ0v) is 13.4. The molecule has 2 atom stereocenters. The first-order chi connectivity index (χ1) is 10.0. The van der Waals surface area contributed by atoms with Crippen LogP contribution in [-0.4, -0.2) is 43.3 Å². The van der Waals surface area contributed by atoms with Crippen LogP contribution in [0, 0.1) is 0 Å². The van der Waals surface area contributed by atoms with Gasteiger partial charge in [0.15, 0.2) is 0 Å². The topological polar surface area (TPSA) is 48.6 Å². The molecule has 0 aliphatic heterocycles. The maximum Gasteiger partial charge on any atom is 0.134 e. The summed E-state index contributed by atoms with van der Waals surface area (Å²) in [6, 6.07) is 8.23. The maximum atomic E-state index is 9.95. The summed E-state index contributed by atoms with van der Waals surface area (Å²) < 4.78 is 6.01. The molecule has 1 aromatic heterocycles. The quantitative estimate of drug-likeness (QED) is 0.823. The summed E-state index contributed by atoms with van der Waals surface area (Å²) in [5, 5.41) is 14.5. The number of likely N-dealkylation sites (N-methyl/N-ethyl adjacent to an activating group) is 1. The molecule has 21 heavy (non-hydrogen) atoms. The van der Waals surface area contributed by atoms with Gasteiger partial charge in [0.2, 0.25) is 0 Å². The first-order valence-corrected chi connectivity index (χ1v) is 7.59. The number of para-hydroxylation sites is 1. The van der Waals surface area contributed by atoms with Crippen LogP contribution in [0.15, 0.2) is 28.7 Å². The predicted molar refractivity (Wildman–Crippen MR) is 86.6 cm³/mol. The molecule has 4 nitrogen and oxygen atoms in total. The van der Waals surface area contributed by atoms with Gasteiger partial charge in [0, 0.05) is 24.0 Å². The van der Waals surface area contributed by atoms with Crippen molar-refractivity contribution in [2.24, 2.45) is 0 Å². The van der Waals surface area contributed by atoms with Gasteiger partial charge in [-0.25, -0.2) is 0 Å². The SMILES string of the molecule is CCc1c(C(C)NCC(O)CN(C)C)oc2ccccc12. The number of aryl methyl sites for hydroxylation is 1. The molecule has 2 unspecified atom stereocenters. The Morgan fingerprint density at radius 2 is 2.00 bits per heavy atom. The Balaban J connectivity index is 2.10. The number of aliphatic hydroxyl groups is 1. The first kappa shape index (κ1) is 16.0. The van der Waals surface area contributed by atoms with E-state index >= 15 is 0 Å². The van der Waals surface area contributed by atoms with Crippen molar-refractivity contribution in [1.29, 1.82) is 0 Å². The summed E-state index contributed by atoms with van der Waals surface area (Å²) in [6.07, 6.45) is 0.565. The van der Waals surface area contributed by atoms with Crippen molar-refractivity contribution in [3.8, 4) is 0 Å². The lowest BCUT2D eigenvalue weighted by Gasteiger charge is -2.19. The lowest BCUT2D eigenvalue weighted by Crippen LogP contribution is -2.36. The second kappa shape index (κ2) is 7.07. The number of benzene rings is 1. The third kappa shape index (κ3) is 3.84. The smallest absolute Gasteiger partial charge is 0.134 e. The van der Waals surface area contributed by atoms with Crippen molar-refractivity contribution in [2.45, 2.75) is 32.4 Å². The Labute approximate surface area is 126 Å². The summed E-state index contributed by atoms with van der Waals surface area (Å²) in [5.41, 5.74) is 2.19. The molecule has 2 rings (SSSR count). The third-order valence-corrected chi connectivity index (χ3v) is 3.71. The summed E-state index contributed by atoms with van der Waals surface area (Å²) >= 11 is 0. The second-order valence-electron chi connectivity index (χ2n) is 5.84. The van der Waals surface area contributed by atoms with Crippen molar-refractivity contribution >= 4 is 11.0 Å². The molecule has 0 spiro atoms. The fourth-order valence-electron chi connectivity index (χ4n) is 2.72. The van der Waals surface area contributed by atoms with Gasteiger partial charge in [-0.05, 0) is 33.5 Å². The molecule has 4 heteroatoms. The first-order valence-electron chi connectivity index (χ1n) is 7.59. The van der Waals surface area contributed by atoms with Crippen molar-refractivity contribution in [1.82, 2.24) is 10.2 Å². The molecule has 2 N–H and O–H groups in total. The van der Waals surface area contributed by atoms with E-state index in [1.54, 1.807) is 0 Å². The highest BCUT2D eigenvalue weighted by molar-refractivity contribution is 5.82. The van der Waals surface area contributed by atoms with Crippen LogP contribution in [0.4, 0.5) is 0 Å². The molecule has 0 bridgehead atoms. The number of nitrogens with one attached hydrogen (secondary N) is 1. The van der Waals surface area contributed by atoms with Gasteiger partial charge in [0.1, 0.15) is 11.3 Å². The molecule has 0 fully saturated rings. The minimum atomic E-state index is -0.378. The van der Waals surface area contributed by atoms with Gasteiger partial charge in [-0.1, -0.05) is 25.1 Å². The van der Waals surface area contributed by atoms with Gasteiger partial charge >= 0.3 is 0 Å². The Morgan fingerprint density at radius 1 is 1.29 bits per heavy atom. The molecule has 1 heterocycles. The number of fused-ring (bicyclic) bond motifs is 1. The fraction of sp³-hybridized carbons (Fsp3) is 0.529. The molecule has 1 aromatic carbocycles. The summed E-state index contributed by atoms with van der Waals surface area (Å²) in [7, 11) is 3.92. The molecule has 2 aromatic rings. The molecule has 0 amide bonds. The van der Waals surface area contributed by atoms with Crippen LogP contribution in [-0.2, 0) is 6.42 Å². The Hall–Kier alpha value is -1.36. The van der Waals surface area contributed by atoms with Gasteiger partial charge in [-0.15, -0.1) is 0 Å². The van der Waals surface area contributed by atoms with Crippen LogP contribution >= 0.6 is 0 Å². The Kier molecular flexibility index (Phi) is 5.39. The van der Waals surface area contributed by atoms with Crippen molar-refractivity contribution in [2.75, 3.05) is 27.2 Å². The largest absolute Gasteiger partial charge is 0.459 e. The average molecular weight is 290 g/mol. The van der Waals surface area contributed by atoms with E-state index in [1.165, 1.54) is 10.9 Å². The highest BCUT2D eigenvalue weighted by Crippen LogP contribution is 2.30. The van der Waals surface area contributed by atoms with E-state index in [-0.39, 0.29) is 12.1 Å². The van der Waals surface area contributed by atoms with E-state index in [9.17, 15) is 5.11 Å². The van der Waals surface area contributed by atoms with Crippen LogP contribution in [0.25, 0.3) is 11.0 Å². The number of furan rings is 1. The van der Waals surface area contributed by atoms with E-state index in [1.807, 2.05) is 37.2 Å². The van der Waals surface area contributed by atoms with E-state index in [2.05, 4.69) is 25.2 Å². The number of hydrogen-bond donors (Lipinski definition) is 2. The number of nitrogens with zero attached hydrogens (tertiary/aromatic N) is 1. The molecule has 0 radical (unpaired) electrons. The van der Waals surface area contributed by atoms with Crippen LogP contribution in [0.5, 0.6) is 0 Å². The van der Waals surface area contributed by atoms with Crippen LogP contribution in [0.2, 0.25) is 0 Å². The van der Waals surface area contributed by atoms with Crippen molar-refractivity contribution in [3.63, 3.8) is 0 Å². The second-order valence-corrected chi connectivity index (χ2v) is 5.84. The lowest BCUT2D eigenvalue weighted by atomic mass is 10.0. The third-order valence-electron chi connectivity index (χ3n) is 3.71. The van der Waals surface area contributed by atoms with E-state index < -0.39 is 0 Å². The summed E-state index contributed by atoms with van der Waals surface area (Å²) in [4.78, 5) is 1.98. The van der Waals surface area contributed by atoms with Gasteiger partial charge in [0.05, 0.1) is 12.1 Å². The molecule has 0 aliphatic carbocycles. The van der Waals surface area contributed by atoms with Gasteiger partial charge in [-0.2, -0.15) is 0 Å². The van der Waals surface area contributed by atoms with E-state index in [0.29, 0.717) is 13.1 Å². The Morgan fingerprint density at radius 3 is 2.67 bits per heavy atom. The molecular formula is C17H26N2O2. The van der Waals surface area contributed by atoms with Crippen LogP contribution in [0.3, 0.4) is 0 Å². The minimum absolute atomic E-state index is 0.0872. The van der Waals surface area contributed by atoms with Crippen LogP contribution < -0.4 is 5.32 Å². The zero-order chi connectivity index (χ0) is 15.4. The monoisotopic (exact) mass is 290 g/mol. The number of aliphatic hydroxyl groups excluding tert-OH is 1. The van der Waals surface area contributed by atoms with E-state index in [4.69, 9.17) is 4.42 Å². The Bertz CT molecular complexity index is 577. The summed E-state index contributed by atoms with van der Waals surface area (Å²) in [5.74, 6) is 0.982. The maximum absolute atomic E-state index is 9.95. The molecule has 0 saturated carbocycles. The number of hydrogen-bond acceptors (Lipinski definition) is 4.